The number of esters is 3. The third kappa shape index (κ3) is 33.6. The van der Waals surface area contributed by atoms with Gasteiger partial charge in [0.1, 0.15) is 18.8 Å². The number of hydrogen-bond acceptors (Lipinski definition) is 11. The maximum absolute atomic E-state index is 14.7. The van der Waals surface area contributed by atoms with Gasteiger partial charge in [-0.05, 0) is 71.4 Å². The molecule has 1 saturated heterocycles. The number of carbonyl (C=O) groups is 3. The molecule has 4 bridgehead atoms. The van der Waals surface area contributed by atoms with E-state index in [2.05, 4.69) is 315 Å². The number of hydrogen-bond donors (Lipinski definition) is 3. The van der Waals surface area contributed by atoms with Crippen LogP contribution < -0.4 is 79.6 Å². The third-order valence-electron chi connectivity index (χ3n) is 23.9. The number of carbonyl (C=O) groups excluding carboxylic acids is 3. The monoisotopic (exact) mass is 2220 g/mol. The minimum atomic E-state index is -4.39. The first-order valence-corrected chi connectivity index (χ1v) is 52.2. The average Bonchev–Trinajstić information content (AvgIpc) is 1.17. The molecule has 5 aliphatic rings. The third-order valence-corrected chi connectivity index (χ3v) is 32.0. The van der Waals surface area contributed by atoms with Crippen LogP contribution in [0.2, 0.25) is 0 Å². The number of ether oxygens (including phenoxy) is 5. The molecule has 136 heavy (non-hydrogen) atoms. The Kier molecular flexibility index (Phi) is 39.9. The van der Waals surface area contributed by atoms with Crippen molar-refractivity contribution in [1.29, 1.82) is 0 Å². The van der Waals surface area contributed by atoms with Crippen molar-refractivity contribution in [2.75, 3.05) is 47.1 Å². The second kappa shape index (κ2) is 47.9. The van der Waals surface area contributed by atoms with Gasteiger partial charge in [0.15, 0.2) is 5.79 Å². The number of nitrogens with one attached hydrogen (secondary N) is 3. The summed E-state index contributed by atoms with van der Waals surface area (Å²) in [6.07, 6.45) is 6.35. The first-order valence-electron chi connectivity index (χ1n) is 45.7. The van der Waals surface area contributed by atoms with Crippen LogP contribution in [0, 0.1) is 39.2 Å². The summed E-state index contributed by atoms with van der Waals surface area (Å²) in [6.45, 7) is 46.9. The molecule has 2 atom stereocenters. The van der Waals surface area contributed by atoms with Crippen molar-refractivity contribution < 1.29 is 146 Å². The van der Waals surface area contributed by atoms with Crippen molar-refractivity contribution in [2.45, 2.75) is 250 Å². The maximum atomic E-state index is 14.7. The first kappa shape index (κ1) is 113. The molecule has 1 heterocycles. The number of halogens is 13. The van der Waals surface area contributed by atoms with Crippen LogP contribution in [0.1, 0.15) is 223 Å². The van der Waals surface area contributed by atoms with E-state index in [1.54, 1.807) is 66.8 Å². The van der Waals surface area contributed by atoms with Crippen molar-refractivity contribution in [2.24, 2.45) is 17.8 Å². The van der Waals surface area contributed by atoms with Gasteiger partial charge in [-0.25, -0.2) is 14.4 Å². The predicted molar refractivity (Wildman–Crippen MR) is 514 cm³/mol. The Hall–Kier alpha value is -8.10. The van der Waals surface area contributed by atoms with Crippen molar-refractivity contribution >= 4 is 36.1 Å². The molecular formula is C112H137F10I3N3O8-3. The molecule has 0 amide bonds. The van der Waals surface area contributed by atoms with Crippen LogP contribution in [0.15, 0.2) is 238 Å². The Morgan fingerprint density at radius 2 is 0.559 bits per heavy atom. The van der Waals surface area contributed by atoms with Gasteiger partial charge in [0.05, 0.1) is 33.9 Å². The molecule has 4 saturated carbocycles. The van der Waals surface area contributed by atoms with Crippen LogP contribution in [0.3, 0.4) is 0 Å². The number of methoxy groups -OCH3 is 2. The normalized spacial score (nSPS) is 17.8. The molecule has 24 heteroatoms. The zero-order valence-electron chi connectivity index (χ0n) is 82.2. The van der Waals surface area contributed by atoms with E-state index < -0.39 is 104 Å². The summed E-state index contributed by atoms with van der Waals surface area (Å²) in [5.74, 6) is -27.3. The van der Waals surface area contributed by atoms with Crippen molar-refractivity contribution in [3.05, 3.63) is 326 Å². The zero-order valence-corrected chi connectivity index (χ0v) is 88.7. The average molecular weight is 2220 g/mol. The Bertz CT molecular complexity index is 4780. The van der Waals surface area contributed by atoms with Gasteiger partial charge in [-0.1, -0.05) is 111 Å². The molecule has 5 fully saturated rings. The fourth-order valence-corrected chi connectivity index (χ4v) is 22.2. The minimum absolute atomic E-state index is 0.0298. The van der Waals surface area contributed by atoms with Gasteiger partial charge in [-0.2, -0.15) is 43.9 Å². The Morgan fingerprint density at radius 3 is 0.757 bits per heavy atom. The summed E-state index contributed by atoms with van der Waals surface area (Å²) in [5.41, 5.74) is 14.0. The van der Waals surface area contributed by atoms with E-state index >= 15 is 0 Å². The van der Waals surface area contributed by atoms with E-state index in [1.165, 1.54) is 54.8 Å². The van der Waals surface area contributed by atoms with Crippen LogP contribution in [-0.4, -0.2) is 106 Å². The van der Waals surface area contributed by atoms with Crippen molar-refractivity contribution in [1.82, 2.24) is 16.0 Å². The number of alkyl halides is 10. The molecular weight excluding hydrogens is 2090 g/mol. The van der Waals surface area contributed by atoms with E-state index in [1.807, 2.05) is 24.3 Å². The van der Waals surface area contributed by atoms with Gasteiger partial charge in [-0.15, -0.1) is 0 Å². The zero-order chi connectivity index (χ0) is 101. The summed E-state index contributed by atoms with van der Waals surface area (Å²) in [4.78, 5) is 34.1. The quantitative estimate of drug-likeness (QED) is 0.0219. The molecule has 742 valence electrons. The topological polar surface area (TPSA) is 133 Å². The fourth-order valence-electron chi connectivity index (χ4n) is 15.8. The molecule has 3 N–H and O–H groups in total. The summed E-state index contributed by atoms with van der Waals surface area (Å²) < 4.78 is 171. The molecule has 1 aliphatic heterocycles. The first-order chi connectivity index (χ1) is 63.3. The second-order valence-electron chi connectivity index (χ2n) is 41.2. The summed E-state index contributed by atoms with van der Waals surface area (Å²) in [5, 5.41) is 7.61. The second-order valence-corrected chi connectivity index (χ2v) is 50.3. The van der Waals surface area contributed by atoms with Crippen LogP contribution >= 0.6 is 0 Å². The molecule has 4 aliphatic carbocycles. The van der Waals surface area contributed by atoms with Crippen LogP contribution in [0.4, 0.5) is 43.9 Å². The molecule has 14 rings (SSSR count). The number of rotatable bonds is 25. The van der Waals surface area contributed by atoms with E-state index in [9.17, 15) is 58.3 Å². The molecule has 9 aromatic rings. The van der Waals surface area contributed by atoms with Crippen molar-refractivity contribution in [3.8, 4) is 0 Å². The van der Waals surface area contributed by atoms with Crippen LogP contribution in [0.25, 0.3) is 18.2 Å². The van der Waals surface area contributed by atoms with Crippen LogP contribution in [-0.2, 0) is 90.2 Å². The van der Waals surface area contributed by atoms with E-state index in [0.717, 1.165) is 47.6 Å². The summed E-state index contributed by atoms with van der Waals surface area (Å²) >= 11 is -0.211. The van der Waals surface area contributed by atoms with E-state index in [0.29, 0.717) is 19.3 Å². The SMILES string of the molecule is C=Cc1ccc(CNCC(F)(F)C(=O)OC)cc1.C=Cc1ccc(CNCC(F)(F)C(=O)OC)cc1.C=Cc1ccc(CNCC(F)(F)C(=O)OC23CC4CC(C2)C2(OCC(F)(F)C(F)(F)CO2)C(C4)C3)cc1.CC(C)(C)c1ccc([I-]c2ccc(C(C)(C)C)cc2)cc1.CC(C)(C)c1ccc([I-]c2ccc(C(C)(C)C)cc2)cc1.CC(C)(C)c1ccc([I-]c2ccc(C(C)(C)C)cc2)cc1. The summed E-state index contributed by atoms with van der Waals surface area (Å²) in [6, 6.07) is 76.9. The molecule has 1 spiro atoms. The fraction of sp³-hybridized carbons (Fsp3) is 0.438. The van der Waals surface area contributed by atoms with Gasteiger partial charge < -0.3 is 39.6 Å². The van der Waals surface area contributed by atoms with Gasteiger partial charge in [0.2, 0.25) is 0 Å². The summed E-state index contributed by atoms with van der Waals surface area (Å²) in [7, 11) is 1.87. The number of benzene rings is 9. The molecule has 0 aromatic heterocycles. The molecule has 9 aromatic carbocycles. The van der Waals surface area contributed by atoms with E-state index in [-0.39, 0.29) is 134 Å². The Labute approximate surface area is 832 Å². The van der Waals surface area contributed by atoms with Gasteiger partial charge in [0, 0.05) is 31.5 Å². The van der Waals surface area contributed by atoms with Gasteiger partial charge in [0.25, 0.3) is 0 Å². The molecule has 2 unspecified atom stereocenters. The molecule has 11 nitrogen and oxygen atoms in total. The van der Waals surface area contributed by atoms with Crippen molar-refractivity contribution in [3.63, 3.8) is 0 Å². The van der Waals surface area contributed by atoms with Gasteiger partial charge in [-0.3, -0.25) is 0 Å². The Morgan fingerprint density at radius 1 is 0.346 bits per heavy atom. The Balaban J connectivity index is 0.000000205. The van der Waals surface area contributed by atoms with E-state index in [4.69, 9.17) is 14.2 Å². The standard InChI is InChI=1S/C26H29F6NO4.3C20H26I.2C13H15F2NO2/c1-2-16-3-5-17(6-4-16)12-33-13-23(27,28)21(34)37-22-9-18-7-19(10-22)26(20(8-18)11-22)35-14-24(29,30)25(31,32)15-36-26;3*1-19(2,3)15-7-11-17(12-8-15)21-18-13-9-16(10-14-18)20(4,5)6;2*1-3-10-4-6-11(7-5-10)8-16-9-13(14,15)12(17)18-2/h2-6,18-20,33H,1,7-15H2;3*7-14H,1-6H3;2*3-7,16H,1,8-9H2,2H3/q;3*-1;;. The van der Waals surface area contributed by atoms with Crippen LogP contribution in [0.5, 0.6) is 0 Å². The predicted octanol–water partition coefficient (Wildman–Crippen LogP) is 16.9. The van der Waals surface area contributed by atoms with Gasteiger partial charge >= 0.3 is 469 Å². The molecule has 0 radical (unpaired) electrons.